The van der Waals surface area contributed by atoms with Gasteiger partial charge in [-0.2, -0.15) is 13.2 Å². The molecule has 1 saturated carbocycles. The molecule has 1 aliphatic carbocycles. The Bertz CT molecular complexity index is 661. The van der Waals surface area contributed by atoms with Crippen molar-refractivity contribution in [1.82, 2.24) is 9.55 Å². The third-order valence-corrected chi connectivity index (χ3v) is 3.98. The topological polar surface area (TPSA) is 27.1 Å². The number of alkyl halides is 4. The van der Waals surface area contributed by atoms with E-state index in [-0.39, 0.29) is 24.5 Å². The summed E-state index contributed by atoms with van der Waals surface area (Å²) in [6.45, 7) is 0. The number of rotatable bonds is 3. The summed E-state index contributed by atoms with van der Waals surface area (Å²) in [5, 5.41) is 0. The standard InChI is InChI=1S/C13H12ClF3N2O/c1-20-9-4-2-3-8-11(9)18-10(7-14)19(8)12(5-6-12)13(15,16)17/h2-4H,5-7H2,1H3. The van der Waals surface area contributed by atoms with Crippen molar-refractivity contribution >= 4 is 22.6 Å². The number of halogens is 4. The van der Waals surface area contributed by atoms with Crippen LogP contribution in [-0.2, 0) is 11.4 Å². The zero-order valence-electron chi connectivity index (χ0n) is 10.7. The fourth-order valence-electron chi connectivity index (χ4n) is 2.61. The summed E-state index contributed by atoms with van der Waals surface area (Å²) in [5.41, 5.74) is -1.03. The highest BCUT2D eigenvalue weighted by molar-refractivity contribution is 6.17. The highest BCUT2D eigenvalue weighted by Gasteiger charge is 2.65. The van der Waals surface area contributed by atoms with Crippen molar-refractivity contribution in [2.45, 2.75) is 30.4 Å². The summed E-state index contributed by atoms with van der Waals surface area (Å²) in [5.74, 6) is 0.599. The van der Waals surface area contributed by atoms with E-state index < -0.39 is 11.7 Å². The predicted molar refractivity (Wildman–Crippen MR) is 69.1 cm³/mol. The van der Waals surface area contributed by atoms with Crippen molar-refractivity contribution in [3.05, 3.63) is 24.0 Å². The molecule has 2 aromatic rings. The number of methoxy groups -OCH3 is 1. The lowest BCUT2D eigenvalue weighted by atomic mass is 10.2. The average molecular weight is 305 g/mol. The van der Waals surface area contributed by atoms with Gasteiger partial charge in [-0.25, -0.2) is 4.98 Å². The Kier molecular flexibility index (Phi) is 2.90. The molecule has 0 bridgehead atoms. The molecule has 1 aromatic heterocycles. The molecule has 0 aliphatic heterocycles. The molecule has 1 aliphatic rings. The van der Waals surface area contributed by atoms with E-state index in [0.717, 1.165) is 0 Å². The summed E-state index contributed by atoms with van der Waals surface area (Å²) in [7, 11) is 1.46. The summed E-state index contributed by atoms with van der Waals surface area (Å²) in [4.78, 5) is 4.23. The minimum absolute atomic E-state index is 0.0586. The number of para-hydroxylation sites is 1. The monoisotopic (exact) mass is 304 g/mol. The number of hydrogen-bond donors (Lipinski definition) is 0. The third-order valence-electron chi connectivity index (χ3n) is 3.74. The van der Waals surface area contributed by atoms with E-state index in [1.54, 1.807) is 18.2 Å². The van der Waals surface area contributed by atoms with Crippen LogP contribution < -0.4 is 4.74 Å². The van der Waals surface area contributed by atoms with Gasteiger partial charge in [0.05, 0.1) is 18.5 Å². The predicted octanol–water partition coefficient (Wildman–Crippen LogP) is 3.84. The number of ether oxygens (including phenoxy) is 1. The van der Waals surface area contributed by atoms with Gasteiger partial charge in [-0.05, 0) is 25.0 Å². The van der Waals surface area contributed by atoms with Crippen molar-refractivity contribution in [3.8, 4) is 5.75 Å². The SMILES string of the molecule is COc1cccc2c1nc(CCl)n2C1(C(F)(F)F)CC1. The van der Waals surface area contributed by atoms with E-state index in [0.29, 0.717) is 16.8 Å². The van der Waals surface area contributed by atoms with E-state index in [1.807, 2.05) is 0 Å². The van der Waals surface area contributed by atoms with Crippen LogP contribution in [0.2, 0.25) is 0 Å². The maximum Gasteiger partial charge on any atom is 0.412 e. The van der Waals surface area contributed by atoms with Gasteiger partial charge in [0.1, 0.15) is 22.6 Å². The number of hydrogen-bond acceptors (Lipinski definition) is 2. The van der Waals surface area contributed by atoms with Crippen LogP contribution in [0, 0.1) is 0 Å². The lowest BCUT2D eigenvalue weighted by Gasteiger charge is -2.23. The molecule has 0 N–H and O–H groups in total. The van der Waals surface area contributed by atoms with Gasteiger partial charge in [0.2, 0.25) is 0 Å². The molecule has 0 spiro atoms. The zero-order chi connectivity index (χ0) is 14.5. The van der Waals surface area contributed by atoms with Crippen molar-refractivity contribution in [3.63, 3.8) is 0 Å². The highest BCUT2D eigenvalue weighted by atomic mass is 35.5. The van der Waals surface area contributed by atoms with Crippen LogP contribution in [0.1, 0.15) is 18.7 Å². The first-order valence-electron chi connectivity index (χ1n) is 6.12. The maximum absolute atomic E-state index is 13.4. The second-order valence-electron chi connectivity index (χ2n) is 4.85. The van der Waals surface area contributed by atoms with E-state index >= 15 is 0 Å². The van der Waals surface area contributed by atoms with Gasteiger partial charge >= 0.3 is 6.18 Å². The van der Waals surface area contributed by atoms with Crippen molar-refractivity contribution < 1.29 is 17.9 Å². The Balaban J connectivity index is 2.30. The minimum atomic E-state index is -4.31. The van der Waals surface area contributed by atoms with Crippen LogP contribution in [0.5, 0.6) is 5.75 Å². The number of nitrogens with zero attached hydrogens (tertiary/aromatic N) is 2. The van der Waals surface area contributed by atoms with E-state index in [4.69, 9.17) is 16.3 Å². The van der Waals surface area contributed by atoms with Crippen LogP contribution in [0.15, 0.2) is 18.2 Å². The molecular formula is C13H12ClF3N2O. The lowest BCUT2D eigenvalue weighted by molar-refractivity contribution is -0.179. The second kappa shape index (κ2) is 4.28. The first-order chi connectivity index (χ1) is 9.44. The number of aromatic nitrogens is 2. The molecular weight excluding hydrogens is 293 g/mol. The zero-order valence-corrected chi connectivity index (χ0v) is 11.4. The number of benzene rings is 1. The molecule has 108 valence electrons. The Hall–Kier alpha value is -1.43. The van der Waals surface area contributed by atoms with Gasteiger partial charge in [-0.3, -0.25) is 0 Å². The Morgan fingerprint density at radius 2 is 2.10 bits per heavy atom. The fourth-order valence-corrected chi connectivity index (χ4v) is 2.79. The van der Waals surface area contributed by atoms with Crippen molar-refractivity contribution in [1.29, 1.82) is 0 Å². The fraction of sp³-hybridized carbons (Fsp3) is 0.462. The Morgan fingerprint density at radius 3 is 2.60 bits per heavy atom. The molecule has 0 atom stereocenters. The summed E-state index contributed by atoms with van der Waals surface area (Å²) in [6.07, 6.45) is -4.20. The van der Waals surface area contributed by atoms with E-state index in [2.05, 4.69) is 4.98 Å². The Labute approximate surface area is 118 Å². The molecule has 20 heavy (non-hydrogen) atoms. The molecule has 1 fully saturated rings. The summed E-state index contributed by atoms with van der Waals surface area (Å²) in [6, 6.07) is 4.95. The molecule has 0 amide bonds. The van der Waals surface area contributed by atoms with Crippen LogP contribution in [0.4, 0.5) is 13.2 Å². The lowest BCUT2D eigenvalue weighted by Crippen LogP contribution is -2.35. The van der Waals surface area contributed by atoms with Crippen molar-refractivity contribution in [2.75, 3.05) is 7.11 Å². The smallest absolute Gasteiger partial charge is 0.412 e. The molecule has 3 rings (SSSR count). The van der Waals surface area contributed by atoms with Gasteiger partial charge < -0.3 is 9.30 Å². The molecule has 0 saturated heterocycles. The van der Waals surface area contributed by atoms with Crippen LogP contribution >= 0.6 is 11.6 Å². The molecule has 1 aromatic carbocycles. The largest absolute Gasteiger partial charge is 0.494 e. The first kappa shape index (κ1) is 13.5. The molecule has 1 heterocycles. The van der Waals surface area contributed by atoms with Crippen LogP contribution in [0.25, 0.3) is 11.0 Å². The number of imidazole rings is 1. The van der Waals surface area contributed by atoms with E-state index in [1.165, 1.54) is 11.7 Å². The molecule has 3 nitrogen and oxygen atoms in total. The number of fused-ring (bicyclic) bond motifs is 1. The Morgan fingerprint density at radius 1 is 1.40 bits per heavy atom. The third kappa shape index (κ3) is 1.70. The quantitative estimate of drug-likeness (QED) is 0.806. The van der Waals surface area contributed by atoms with Gasteiger partial charge in [0, 0.05) is 0 Å². The molecule has 0 radical (unpaired) electrons. The highest BCUT2D eigenvalue weighted by Crippen LogP contribution is 2.57. The van der Waals surface area contributed by atoms with Gasteiger partial charge in [0.25, 0.3) is 0 Å². The molecule has 0 unspecified atom stereocenters. The van der Waals surface area contributed by atoms with Crippen LogP contribution in [0.3, 0.4) is 0 Å². The van der Waals surface area contributed by atoms with Gasteiger partial charge in [-0.1, -0.05) is 6.07 Å². The summed E-state index contributed by atoms with van der Waals surface area (Å²) < 4.78 is 46.5. The van der Waals surface area contributed by atoms with Crippen molar-refractivity contribution in [2.24, 2.45) is 0 Å². The first-order valence-corrected chi connectivity index (χ1v) is 6.65. The minimum Gasteiger partial charge on any atom is -0.494 e. The van der Waals surface area contributed by atoms with E-state index in [9.17, 15) is 13.2 Å². The molecule has 7 heteroatoms. The van der Waals surface area contributed by atoms with Crippen LogP contribution in [-0.4, -0.2) is 22.8 Å². The summed E-state index contributed by atoms with van der Waals surface area (Å²) >= 11 is 5.79. The van der Waals surface area contributed by atoms with Gasteiger partial charge in [0.15, 0.2) is 0 Å². The normalized spacial score (nSPS) is 17.4. The van der Waals surface area contributed by atoms with Gasteiger partial charge in [-0.15, -0.1) is 11.6 Å². The maximum atomic E-state index is 13.4. The average Bonchev–Trinajstić information content (AvgIpc) is 3.13. The second-order valence-corrected chi connectivity index (χ2v) is 5.12.